The monoisotopic (exact) mass is 386 g/mol. The number of sulfonamides is 1. The standard InChI is InChI=1S/C16H26N4O5S/c1-6-17-16(22)19-15(21)11(3)18-12-8-9-13(25-7-2)14(10-12)26(23,24)20(4)5/h8-11,18H,6-7H2,1-5H3,(H2,17,19,21,22). The molecule has 9 nitrogen and oxygen atoms in total. The Balaban J connectivity index is 3.04. The van der Waals surface area contributed by atoms with E-state index in [9.17, 15) is 18.0 Å². The number of nitrogens with one attached hydrogen (secondary N) is 3. The second-order valence-corrected chi connectivity index (χ2v) is 7.72. The van der Waals surface area contributed by atoms with Crippen LogP contribution >= 0.6 is 0 Å². The molecule has 1 atom stereocenters. The summed E-state index contributed by atoms with van der Waals surface area (Å²) in [5, 5.41) is 7.53. The van der Waals surface area contributed by atoms with E-state index in [2.05, 4.69) is 16.0 Å². The topological polar surface area (TPSA) is 117 Å². The maximum absolute atomic E-state index is 12.5. The van der Waals surface area contributed by atoms with E-state index in [-0.39, 0.29) is 10.6 Å². The van der Waals surface area contributed by atoms with Crippen LogP contribution in [0.15, 0.2) is 23.1 Å². The molecule has 146 valence electrons. The second kappa shape index (κ2) is 9.39. The van der Waals surface area contributed by atoms with E-state index in [1.165, 1.54) is 26.2 Å². The first-order chi connectivity index (χ1) is 12.1. The number of hydrogen-bond acceptors (Lipinski definition) is 6. The lowest BCUT2D eigenvalue weighted by atomic mass is 10.2. The average Bonchev–Trinajstić information content (AvgIpc) is 2.56. The van der Waals surface area contributed by atoms with Gasteiger partial charge in [-0.15, -0.1) is 0 Å². The van der Waals surface area contributed by atoms with Gasteiger partial charge < -0.3 is 15.4 Å². The van der Waals surface area contributed by atoms with E-state index >= 15 is 0 Å². The molecule has 1 aromatic rings. The van der Waals surface area contributed by atoms with Crippen molar-refractivity contribution in [1.82, 2.24) is 14.9 Å². The summed E-state index contributed by atoms with van der Waals surface area (Å²) in [6, 6.07) is 3.18. The van der Waals surface area contributed by atoms with E-state index in [1.807, 2.05) is 0 Å². The molecule has 0 aromatic heterocycles. The molecule has 26 heavy (non-hydrogen) atoms. The van der Waals surface area contributed by atoms with Crippen LogP contribution in [0.3, 0.4) is 0 Å². The summed E-state index contributed by atoms with van der Waals surface area (Å²) >= 11 is 0. The smallest absolute Gasteiger partial charge is 0.321 e. The van der Waals surface area contributed by atoms with Crippen LogP contribution < -0.4 is 20.7 Å². The van der Waals surface area contributed by atoms with Crippen LogP contribution in [-0.2, 0) is 14.8 Å². The minimum absolute atomic E-state index is 0.00863. The lowest BCUT2D eigenvalue weighted by Crippen LogP contribution is -2.45. The highest BCUT2D eigenvalue weighted by Crippen LogP contribution is 2.29. The number of rotatable bonds is 8. The molecule has 0 saturated carbocycles. The summed E-state index contributed by atoms with van der Waals surface area (Å²) in [7, 11) is -0.883. The van der Waals surface area contributed by atoms with Crippen LogP contribution in [0, 0.1) is 0 Å². The number of amides is 3. The van der Waals surface area contributed by atoms with Crippen molar-refractivity contribution in [2.45, 2.75) is 31.7 Å². The number of anilines is 1. The number of carbonyl (C=O) groups excluding carboxylic acids is 2. The van der Waals surface area contributed by atoms with Crippen molar-refractivity contribution in [2.24, 2.45) is 0 Å². The number of urea groups is 1. The predicted molar refractivity (Wildman–Crippen MR) is 98.8 cm³/mol. The Labute approximate surface area is 154 Å². The zero-order valence-electron chi connectivity index (χ0n) is 15.6. The fourth-order valence-corrected chi connectivity index (χ4v) is 3.06. The molecular weight excluding hydrogens is 360 g/mol. The highest BCUT2D eigenvalue weighted by Gasteiger charge is 2.24. The molecule has 0 aliphatic carbocycles. The number of carbonyl (C=O) groups is 2. The molecule has 1 unspecified atom stereocenters. The van der Waals surface area contributed by atoms with Gasteiger partial charge in [0, 0.05) is 26.3 Å². The summed E-state index contributed by atoms with van der Waals surface area (Å²) in [6.07, 6.45) is 0. The normalized spacial score (nSPS) is 12.4. The minimum Gasteiger partial charge on any atom is -0.492 e. The minimum atomic E-state index is -3.73. The molecule has 10 heteroatoms. The Morgan fingerprint density at radius 3 is 2.42 bits per heavy atom. The molecule has 0 spiro atoms. The molecule has 3 N–H and O–H groups in total. The van der Waals surface area contributed by atoms with E-state index in [0.717, 1.165) is 4.31 Å². The third-order valence-corrected chi connectivity index (χ3v) is 5.19. The SMILES string of the molecule is CCNC(=O)NC(=O)C(C)Nc1ccc(OCC)c(S(=O)(=O)N(C)C)c1. The summed E-state index contributed by atoms with van der Waals surface area (Å²) < 4.78 is 31.5. The van der Waals surface area contributed by atoms with Crippen LogP contribution in [0.1, 0.15) is 20.8 Å². The maximum Gasteiger partial charge on any atom is 0.321 e. The Bertz CT molecular complexity index is 749. The Hall–Kier alpha value is -2.33. The van der Waals surface area contributed by atoms with Gasteiger partial charge in [-0.3, -0.25) is 10.1 Å². The van der Waals surface area contributed by atoms with Gasteiger partial charge in [-0.05, 0) is 39.0 Å². The first-order valence-electron chi connectivity index (χ1n) is 8.18. The highest BCUT2D eigenvalue weighted by molar-refractivity contribution is 7.89. The number of nitrogens with zero attached hydrogens (tertiary/aromatic N) is 1. The fourth-order valence-electron chi connectivity index (χ4n) is 2.01. The summed E-state index contributed by atoms with van der Waals surface area (Å²) in [4.78, 5) is 23.4. The van der Waals surface area contributed by atoms with Crippen LogP contribution in [0.4, 0.5) is 10.5 Å². The van der Waals surface area contributed by atoms with Crippen molar-refractivity contribution in [2.75, 3.05) is 32.6 Å². The van der Waals surface area contributed by atoms with E-state index < -0.39 is 28.0 Å². The van der Waals surface area contributed by atoms with Crippen LogP contribution in [-0.4, -0.2) is 58.0 Å². The van der Waals surface area contributed by atoms with Gasteiger partial charge in [0.2, 0.25) is 15.9 Å². The van der Waals surface area contributed by atoms with Gasteiger partial charge in [-0.2, -0.15) is 0 Å². The Kier molecular flexibility index (Phi) is 7.84. The third-order valence-electron chi connectivity index (χ3n) is 3.35. The van der Waals surface area contributed by atoms with Crippen molar-refractivity contribution in [1.29, 1.82) is 0 Å². The predicted octanol–water partition coefficient (Wildman–Crippen LogP) is 0.982. The van der Waals surface area contributed by atoms with Gasteiger partial charge in [0.1, 0.15) is 16.7 Å². The summed E-state index contributed by atoms with van der Waals surface area (Å²) in [6.45, 7) is 5.76. The lowest BCUT2D eigenvalue weighted by molar-refractivity contribution is -0.120. The number of benzene rings is 1. The van der Waals surface area contributed by atoms with Gasteiger partial charge in [-0.25, -0.2) is 17.5 Å². The molecule has 1 aromatic carbocycles. The molecule has 0 saturated heterocycles. The van der Waals surface area contributed by atoms with Crippen molar-refractivity contribution in [3.05, 3.63) is 18.2 Å². The first kappa shape index (κ1) is 21.7. The molecular formula is C16H26N4O5S. The van der Waals surface area contributed by atoms with Crippen LogP contribution in [0.25, 0.3) is 0 Å². The van der Waals surface area contributed by atoms with Crippen molar-refractivity contribution >= 4 is 27.6 Å². The van der Waals surface area contributed by atoms with Gasteiger partial charge in [0.25, 0.3) is 0 Å². The van der Waals surface area contributed by atoms with Crippen molar-refractivity contribution in [3.8, 4) is 5.75 Å². The lowest BCUT2D eigenvalue weighted by Gasteiger charge is -2.19. The van der Waals surface area contributed by atoms with E-state index in [4.69, 9.17) is 4.74 Å². The highest BCUT2D eigenvalue weighted by atomic mass is 32.2. The second-order valence-electron chi connectivity index (χ2n) is 5.60. The number of imide groups is 1. The van der Waals surface area contributed by atoms with Crippen molar-refractivity contribution < 1.29 is 22.7 Å². The first-order valence-corrected chi connectivity index (χ1v) is 9.62. The van der Waals surface area contributed by atoms with Gasteiger partial charge in [-0.1, -0.05) is 0 Å². The summed E-state index contributed by atoms with van der Waals surface area (Å²) in [5.41, 5.74) is 0.410. The van der Waals surface area contributed by atoms with Crippen molar-refractivity contribution in [3.63, 3.8) is 0 Å². The molecule has 3 amide bonds. The van der Waals surface area contributed by atoms with Gasteiger partial charge >= 0.3 is 6.03 Å². The quantitative estimate of drug-likeness (QED) is 0.613. The molecule has 0 bridgehead atoms. The summed E-state index contributed by atoms with van der Waals surface area (Å²) in [5.74, 6) is -0.312. The number of ether oxygens (including phenoxy) is 1. The molecule has 0 aliphatic heterocycles. The fraction of sp³-hybridized carbons (Fsp3) is 0.500. The zero-order valence-corrected chi connectivity index (χ0v) is 16.4. The van der Waals surface area contributed by atoms with Crippen LogP contribution in [0.2, 0.25) is 0 Å². The maximum atomic E-state index is 12.5. The van der Waals surface area contributed by atoms with E-state index in [0.29, 0.717) is 18.8 Å². The molecule has 0 radical (unpaired) electrons. The molecule has 0 fully saturated rings. The Morgan fingerprint density at radius 2 is 1.88 bits per heavy atom. The molecule has 0 aliphatic rings. The Morgan fingerprint density at radius 1 is 1.23 bits per heavy atom. The largest absolute Gasteiger partial charge is 0.492 e. The third kappa shape index (κ3) is 5.60. The van der Waals surface area contributed by atoms with Gasteiger partial charge in [0.05, 0.1) is 6.61 Å². The van der Waals surface area contributed by atoms with E-state index in [1.54, 1.807) is 26.8 Å². The number of hydrogen-bond donors (Lipinski definition) is 3. The average molecular weight is 386 g/mol. The van der Waals surface area contributed by atoms with Crippen LogP contribution in [0.5, 0.6) is 5.75 Å². The molecule has 1 rings (SSSR count). The van der Waals surface area contributed by atoms with Gasteiger partial charge in [0.15, 0.2) is 0 Å². The molecule has 0 heterocycles. The zero-order chi connectivity index (χ0) is 19.9.